The van der Waals surface area contributed by atoms with Gasteiger partial charge >= 0.3 is 0 Å². The van der Waals surface area contributed by atoms with E-state index in [0.29, 0.717) is 22.0 Å². The van der Waals surface area contributed by atoms with Crippen LogP contribution in [0.3, 0.4) is 0 Å². The number of benzene rings is 2. The van der Waals surface area contributed by atoms with Crippen molar-refractivity contribution >= 4 is 34.8 Å². The number of para-hydroxylation sites is 2. The Hall–Kier alpha value is -2.33. The van der Waals surface area contributed by atoms with Crippen molar-refractivity contribution in [2.24, 2.45) is 0 Å². The molecule has 0 saturated carbocycles. The van der Waals surface area contributed by atoms with Crippen molar-refractivity contribution in [3.63, 3.8) is 0 Å². The highest BCUT2D eigenvalue weighted by Crippen LogP contribution is 2.31. The summed E-state index contributed by atoms with van der Waals surface area (Å²) in [7, 11) is 0. The summed E-state index contributed by atoms with van der Waals surface area (Å²) in [5, 5.41) is 3.18. The van der Waals surface area contributed by atoms with Crippen LogP contribution in [0.1, 0.15) is 15.9 Å². The van der Waals surface area contributed by atoms with Gasteiger partial charge in [0, 0.05) is 0 Å². The van der Waals surface area contributed by atoms with E-state index in [1.54, 1.807) is 24.3 Å². The molecule has 5 heteroatoms. The Balaban J connectivity index is 2.06. The lowest BCUT2D eigenvalue weighted by Gasteiger charge is -2.29. The number of aryl methyl sites for hydroxylation is 1. The summed E-state index contributed by atoms with van der Waals surface area (Å²) < 4.78 is 0. The number of fused-ring (bicyclic) bond motifs is 1. The maximum absolute atomic E-state index is 12.7. The van der Waals surface area contributed by atoms with E-state index in [1.807, 2.05) is 25.1 Å². The van der Waals surface area contributed by atoms with Crippen LogP contribution in [0.25, 0.3) is 0 Å². The Morgan fingerprint density at radius 1 is 1.19 bits per heavy atom. The summed E-state index contributed by atoms with van der Waals surface area (Å²) in [5.74, 6) is -0.489. The second-order valence-corrected chi connectivity index (χ2v) is 5.27. The van der Waals surface area contributed by atoms with Crippen LogP contribution in [0.15, 0.2) is 42.5 Å². The number of hydrogen-bond acceptors (Lipinski definition) is 2. The van der Waals surface area contributed by atoms with Crippen LogP contribution in [0.4, 0.5) is 11.4 Å². The summed E-state index contributed by atoms with van der Waals surface area (Å²) in [4.78, 5) is 26.0. The SMILES string of the molecule is Cc1cccc(C(=O)N2CC(=O)Nc3ccccc32)c1Cl. The summed E-state index contributed by atoms with van der Waals surface area (Å²) >= 11 is 6.22. The summed E-state index contributed by atoms with van der Waals surface area (Å²) in [6, 6.07) is 12.5. The molecular weight excluding hydrogens is 288 g/mol. The molecule has 21 heavy (non-hydrogen) atoms. The lowest BCUT2D eigenvalue weighted by molar-refractivity contribution is -0.115. The Morgan fingerprint density at radius 3 is 2.76 bits per heavy atom. The first-order valence-electron chi connectivity index (χ1n) is 6.54. The topological polar surface area (TPSA) is 49.4 Å². The molecule has 1 heterocycles. The van der Waals surface area contributed by atoms with Crippen LogP contribution >= 0.6 is 11.6 Å². The van der Waals surface area contributed by atoms with Crippen LogP contribution in [0.5, 0.6) is 0 Å². The highest BCUT2D eigenvalue weighted by Gasteiger charge is 2.28. The van der Waals surface area contributed by atoms with Crippen molar-refractivity contribution in [1.29, 1.82) is 0 Å². The van der Waals surface area contributed by atoms with Gasteiger partial charge in [-0.05, 0) is 30.7 Å². The molecule has 0 atom stereocenters. The number of nitrogens with one attached hydrogen (secondary N) is 1. The van der Waals surface area contributed by atoms with Crippen molar-refractivity contribution in [1.82, 2.24) is 0 Å². The van der Waals surface area contributed by atoms with E-state index in [9.17, 15) is 9.59 Å². The molecule has 4 nitrogen and oxygen atoms in total. The maximum atomic E-state index is 12.7. The number of carbonyl (C=O) groups excluding carboxylic acids is 2. The van der Waals surface area contributed by atoms with Crippen molar-refractivity contribution in [2.45, 2.75) is 6.92 Å². The lowest BCUT2D eigenvalue weighted by Crippen LogP contribution is -2.42. The van der Waals surface area contributed by atoms with Crippen molar-refractivity contribution in [2.75, 3.05) is 16.8 Å². The Morgan fingerprint density at radius 2 is 1.95 bits per heavy atom. The van der Waals surface area contributed by atoms with Gasteiger partial charge in [-0.15, -0.1) is 0 Å². The molecule has 0 aromatic heterocycles. The van der Waals surface area contributed by atoms with Gasteiger partial charge in [-0.1, -0.05) is 35.9 Å². The van der Waals surface area contributed by atoms with Gasteiger partial charge in [-0.3, -0.25) is 14.5 Å². The van der Waals surface area contributed by atoms with Gasteiger partial charge in [0.2, 0.25) is 5.91 Å². The number of hydrogen-bond donors (Lipinski definition) is 1. The van der Waals surface area contributed by atoms with E-state index in [2.05, 4.69) is 5.32 Å². The van der Waals surface area contributed by atoms with E-state index >= 15 is 0 Å². The molecule has 0 bridgehead atoms. The monoisotopic (exact) mass is 300 g/mol. The molecule has 2 aromatic rings. The molecule has 0 radical (unpaired) electrons. The third kappa shape index (κ3) is 2.38. The average molecular weight is 301 g/mol. The van der Waals surface area contributed by atoms with Gasteiger partial charge in [-0.25, -0.2) is 0 Å². The highest BCUT2D eigenvalue weighted by atomic mass is 35.5. The number of amides is 2. The van der Waals surface area contributed by atoms with Gasteiger partial charge in [0.25, 0.3) is 5.91 Å². The van der Waals surface area contributed by atoms with Crippen molar-refractivity contribution in [3.8, 4) is 0 Å². The zero-order valence-electron chi connectivity index (χ0n) is 11.4. The fourth-order valence-electron chi connectivity index (χ4n) is 2.37. The fourth-order valence-corrected chi connectivity index (χ4v) is 2.58. The molecular formula is C16H13ClN2O2. The van der Waals surface area contributed by atoms with Crippen LogP contribution in [0.2, 0.25) is 5.02 Å². The Kier molecular flexibility index (Phi) is 3.39. The van der Waals surface area contributed by atoms with Crippen LogP contribution < -0.4 is 10.2 Å². The van der Waals surface area contributed by atoms with E-state index in [-0.39, 0.29) is 18.4 Å². The van der Waals surface area contributed by atoms with Crippen LogP contribution in [-0.2, 0) is 4.79 Å². The molecule has 0 spiro atoms. The number of anilines is 2. The molecule has 2 aromatic carbocycles. The quantitative estimate of drug-likeness (QED) is 0.879. The Labute approximate surface area is 127 Å². The summed E-state index contributed by atoms with van der Waals surface area (Å²) in [6.07, 6.45) is 0. The average Bonchev–Trinajstić information content (AvgIpc) is 2.48. The number of halogens is 1. The summed E-state index contributed by atoms with van der Waals surface area (Å²) in [5.41, 5.74) is 2.55. The molecule has 0 aliphatic carbocycles. The minimum atomic E-state index is -0.272. The number of nitrogens with zero attached hydrogens (tertiary/aromatic N) is 1. The minimum Gasteiger partial charge on any atom is -0.323 e. The molecule has 0 unspecified atom stereocenters. The second-order valence-electron chi connectivity index (χ2n) is 4.89. The predicted molar refractivity (Wildman–Crippen MR) is 82.9 cm³/mol. The van der Waals surface area contributed by atoms with E-state index in [1.165, 1.54) is 4.90 Å². The molecule has 0 fully saturated rings. The van der Waals surface area contributed by atoms with Gasteiger partial charge in [0.05, 0.1) is 22.0 Å². The third-order valence-corrected chi connectivity index (χ3v) is 3.94. The maximum Gasteiger partial charge on any atom is 0.260 e. The smallest absolute Gasteiger partial charge is 0.260 e. The number of carbonyl (C=O) groups is 2. The van der Waals surface area contributed by atoms with Crippen LogP contribution in [-0.4, -0.2) is 18.4 Å². The molecule has 106 valence electrons. The van der Waals surface area contributed by atoms with E-state index in [4.69, 9.17) is 11.6 Å². The zero-order chi connectivity index (χ0) is 15.0. The minimum absolute atomic E-state index is 0.0138. The third-order valence-electron chi connectivity index (χ3n) is 3.44. The first-order chi connectivity index (χ1) is 10.1. The molecule has 1 aliphatic heterocycles. The van der Waals surface area contributed by atoms with Gasteiger partial charge < -0.3 is 5.32 Å². The molecule has 2 amide bonds. The van der Waals surface area contributed by atoms with Crippen molar-refractivity contribution < 1.29 is 9.59 Å². The fraction of sp³-hybridized carbons (Fsp3) is 0.125. The molecule has 3 rings (SSSR count). The normalized spacial score (nSPS) is 13.6. The van der Waals surface area contributed by atoms with Gasteiger partial charge in [-0.2, -0.15) is 0 Å². The van der Waals surface area contributed by atoms with E-state index in [0.717, 1.165) is 5.56 Å². The van der Waals surface area contributed by atoms with Crippen LogP contribution in [0, 0.1) is 6.92 Å². The van der Waals surface area contributed by atoms with Gasteiger partial charge in [0.15, 0.2) is 0 Å². The molecule has 0 saturated heterocycles. The van der Waals surface area contributed by atoms with Gasteiger partial charge in [0.1, 0.15) is 6.54 Å². The van der Waals surface area contributed by atoms with E-state index < -0.39 is 0 Å². The second kappa shape index (κ2) is 5.22. The van der Waals surface area contributed by atoms with Crippen molar-refractivity contribution in [3.05, 3.63) is 58.6 Å². The summed E-state index contributed by atoms with van der Waals surface area (Å²) in [6.45, 7) is 1.83. The highest BCUT2D eigenvalue weighted by molar-refractivity contribution is 6.35. The molecule has 1 N–H and O–H groups in total. The first-order valence-corrected chi connectivity index (χ1v) is 6.91. The standard InChI is InChI=1S/C16H13ClN2O2/c1-10-5-4-6-11(15(10)17)16(21)19-9-14(20)18-12-7-2-3-8-13(12)19/h2-8H,9H2,1H3,(H,18,20). The first kappa shape index (κ1) is 13.6. The predicted octanol–water partition coefficient (Wildman–Crippen LogP) is 3.25. The lowest BCUT2D eigenvalue weighted by atomic mass is 10.1. The Bertz CT molecular complexity index is 743. The molecule has 1 aliphatic rings. The number of rotatable bonds is 1. The largest absolute Gasteiger partial charge is 0.323 e. The zero-order valence-corrected chi connectivity index (χ0v) is 12.1.